The molecule has 0 radical (unpaired) electrons. The largest absolute Gasteiger partial charge is 0.361 e. The highest BCUT2D eigenvalue weighted by Crippen LogP contribution is 2.17. The molecule has 0 aliphatic rings. The molecule has 0 atom stereocenters. The Hall–Kier alpha value is -2.34. The Bertz CT molecular complexity index is 680. The van der Waals surface area contributed by atoms with Gasteiger partial charge in [0.1, 0.15) is 0 Å². The van der Waals surface area contributed by atoms with E-state index in [0.717, 1.165) is 18.4 Å². The molecule has 0 unspecified atom stereocenters. The predicted molar refractivity (Wildman–Crippen MR) is 95.8 cm³/mol. The monoisotopic (exact) mass is 330 g/mol. The van der Waals surface area contributed by atoms with E-state index in [9.17, 15) is 9.59 Å². The second kappa shape index (κ2) is 9.08. The van der Waals surface area contributed by atoms with E-state index in [-0.39, 0.29) is 24.9 Å². The number of hydrogen-bond acceptors (Lipinski definition) is 3. The summed E-state index contributed by atoms with van der Waals surface area (Å²) in [5.41, 5.74) is 2.30. The van der Waals surface area contributed by atoms with Gasteiger partial charge in [-0.05, 0) is 31.5 Å². The van der Waals surface area contributed by atoms with Crippen molar-refractivity contribution in [2.75, 3.05) is 33.2 Å². The number of benzene rings is 1. The molecule has 0 fully saturated rings. The molecular weight excluding hydrogens is 304 g/mol. The quantitative estimate of drug-likeness (QED) is 0.648. The molecule has 0 aliphatic heterocycles. The van der Waals surface area contributed by atoms with Crippen LogP contribution in [0.4, 0.5) is 0 Å². The van der Waals surface area contributed by atoms with E-state index in [4.69, 9.17) is 0 Å². The molecule has 2 aromatic rings. The van der Waals surface area contributed by atoms with Gasteiger partial charge in [-0.25, -0.2) is 0 Å². The molecule has 1 heterocycles. The molecule has 1 aromatic carbocycles. The lowest BCUT2D eigenvalue weighted by Crippen LogP contribution is -2.41. The number of aromatic amines is 1. The van der Waals surface area contributed by atoms with Crippen LogP contribution >= 0.6 is 0 Å². The van der Waals surface area contributed by atoms with E-state index in [2.05, 4.69) is 21.7 Å². The molecule has 1 aromatic heterocycles. The summed E-state index contributed by atoms with van der Waals surface area (Å²) in [5.74, 6) is -0.119. The van der Waals surface area contributed by atoms with Crippen LogP contribution in [-0.2, 0) is 16.0 Å². The molecule has 2 amide bonds. The van der Waals surface area contributed by atoms with E-state index in [1.165, 1.54) is 10.9 Å². The summed E-state index contributed by atoms with van der Waals surface area (Å²) >= 11 is 0. The van der Waals surface area contributed by atoms with Gasteiger partial charge in [0.2, 0.25) is 11.8 Å². The number of carbonyl (C=O) groups is 2. The van der Waals surface area contributed by atoms with Crippen LogP contribution in [0.15, 0.2) is 30.5 Å². The lowest BCUT2D eigenvalue weighted by molar-refractivity contribution is -0.124. The number of hydrogen-bond donors (Lipinski definition) is 3. The Kier molecular flexibility index (Phi) is 6.81. The van der Waals surface area contributed by atoms with Gasteiger partial charge in [-0.15, -0.1) is 0 Å². The maximum atomic E-state index is 11.9. The number of nitrogens with zero attached hydrogens (tertiary/aromatic N) is 1. The Morgan fingerprint density at radius 1 is 1.08 bits per heavy atom. The van der Waals surface area contributed by atoms with Crippen molar-refractivity contribution in [1.29, 1.82) is 0 Å². The highest BCUT2D eigenvalue weighted by Gasteiger charge is 2.10. The standard InChI is InChI=1S/C18H26N4O2/c1-3-9-19-17(23)12-22(2)13-18(24)20-10-8-14-11-21-16-7-5-4-6-15(14)16/h4-7,11,21H,3,8-10,12-13H2,1-2H3,(H,19,23)(H,20,24). The third-order valence-corrected chi connectivity index (χ3v) is 3.79. The van der Waals surface area contributed by atoms with Gasteiger partial charge in [0.25, 0.3) is 0 Å². The number of para-hydroxylation sites is 1. The van der Waals surface area contributed by atoms with E-state index in [1.807, 2.05) is 31.3 Å². The Morgan fingerprint density at radius 3 is 2.46 bits per heavy atom. The first kappa shape index (κ1) is 18.0. The molecule has 6 nitrogen and oxygen atoms in total. The highest BCUT2D eigenvalue weighted by molar-refractivity contribution is 5.83. The number of carbonyl (C=O) groups excluding carboxylic acids is 2. The van der Waals surface area contributed by atoms with Gasteiger partial charge in [0.15, 0.2) is 0 Å². The van der Waals surface area contributed by atoms with Crippen LogP contribution in [0.3, 0.4) is 0 Å². The van der Waals surface area contributed by atoms with Gasteiger partial charge in [0, 0.05) is 30.2 Å². The summed E-state index contributed by atoms with van der Waals surface area (Å²) in [6.07, 6.45) is 3.67. The third kappa shape index (κ3) is 5.38. The fourth-order valence-corrected chi connectivity index (χ4v) is 2.60. The molecule has 130 valence electrons. The lowest BCUT2D eigenvalue weighted by Gasteiger charge is -2.15. The van der Waals surface area contributed by atoms with Gasteiger partial charge < -0.3 is 15.6 Å². The maximum Gasteiger partial charge on any atom is 0.234 e. The zero-order valence-corrected chi connectivity index (χ0v) is 14.4. The topological polar surface area (TPSA) is 77.2 Å². The molecule has 3 N–H and O–H groups in total. The van der Waals surface area contributed by atoms with Crippen LogP contribution in [0.1, 0.15) is 18.9 Å². The summed E-state index contributed by atoms with van der Waals surface area (Å²) in [5, 5.41) is 6.90. The van der Waals surface area contributed by atoms with Crippen LogP contribution < -0.4 is 10.6 Å². The molecule has 2 rings (SSSR count). The van der Waals surface area contributed by atoms with Gasteiger partial charge >= 0.3 is 0 Å². The summed E-state index contributed by atoms with van der Waals surface area (Å²) in [4.78, 5) is 28.5. The number of fused-ring (bicyclic) bond motifs is 1. The first-order chi connectivity index (χ1) is 11.6. The Balaban J connectivity index is 1.70. The van der Waals surface area contributed by atoms with Crippen molar-refractivity contribution in [3.8, 4) is 0 Å². The molecule has 0 saturated carbocycles. The van der Waals surface area contributed by atoms with Crippen molar-refractivity contribution in [2.45, 2.75) is 19.8 Å². The number of likely N-dealkylation sites (N-methyl/N-ethyl adjacent to an activating group) is 1. The number of rotatable bonds is 9. The van der Waals surface area contributed by atoms with E-state index >= 15 is 0 Å². The highest BCUT2D eigenvalue weighted by atomic mass is 16.2. The number of nitrogens with one attached hydrogen (secondary N) is 3. The summed E-state index contributed by atoms with van der Waals surface area (Å²) < 4.78 is 0. The maximum absolute atomic E-state index is 11.9. The van der Waals surface area contributed by atoms with Gasteiger partial charge in [-0.2, -0.15) is 0 Å². The van der Waals surface area contributed by atoms with Crippen LogP contribution in [0, 0.1) is 0 Å². The van der Waals surface area contributed by atoms with Gasteiger partial charge in [-0.3, -0.25) is 14.5 Å². The SMILES string of the molecule is CCCNC(=O)CN(C)CC(=O)NCCc1c[nH]c2ccccc12. The first-order valence-electron chi connectivity index (χ1n) is 8.37. The second-order valence-corrected chi connectivity index (χ2v) is 5.98. The Labute approximate surface area is 142 Å². The van der Waals surface area contributed by atoms with Crippen LogP contribution in [-0.4, -0.2) is 54.9 Å². The Morgan fingerprint density at radius 2 is 1.75 bits per heavy atom. The molecule has 6 heteroatoms. The van der Waals surface area contributed by atoms with Crippen molar-refractivity contribution >= 4 is 22.7 Å². The van der Waals surface area contributed by atoms with Crippen LogP contribution in [0.25, 0.3) is 10.9 Å². The van der Waals surface area contributed by atoms with Crippen LogP contribution in [0.5, 0.6) is 0 Å². The van der Waals surface area contributed by atoms with E-state index in [0.29, 0.717) is 13.1 Å². The smallest absolute Gasteiger partial charge is 0.234 e. The van der Waals surface area contributed by atoms with Gasteiger partial charge in [0.05, 0.1) is 13.1 Å². The normalized spacial score (nSPS) is 11.0. The molecule has 0 saturated heterocycles. The fraction of sp³-hybridized carbons (Fsp3) is 0.444. The van der Waals surface area contributed by atoms with E-state index < -0.39 is 0 Å². The molecule has 0 aliphatic carbocycles. The number of H-pyrrole nitrogens is 1. The molecule has 0 spiro atoms. The first-order valence-corrected chi connectivity index (χ1v) is 8.37. The third-order valence-electron chi connectivity index (χ3n) is 3.79. The van der Waals surface area contributed by atoms with Crippen molar-refractivity contribution in [1.82, 2.24) is 20.5 Å². The average molecular weight is 330 g/mol. The van der Waals surface area contributed by atoms with E-state index in [1.54, 1.807) is 11.9 Å². The molecule has 0 bridgehead atoms. The number of amides is 2. The second-order valence-electron chi connectivity index (χ2n) is 5.98. The van der Waals surface area contributed by atoms with Gasteiger partial charge in [-0.1, -0.05) is 25.1 Å². The predicted octanol–water partition coefficient (Wildman–Crippen LogP) is 1.28. The van der Waals surface area contributed by atoms with Crippen molar-refractivity contribution in [3.63, 3.8) is 0 Å². The average Bonchev–Trinajstić information content (AvgIpc) is 2.96. The van der Waals surface area contributed by atoms with Crippen molar-refractivity contribution in [2.24, 2.45) is 0 Å². The van der Waals surface area contributed by atoms with Crippen molar-refractivity contribution in [3.05, 3.63) is 36.0 Å². The zero-order chi connectivity index (χ0) is 17.4. The minimum absolute atomic E-state index is 0.0501. The minimum Gasteiger partial charge on any atom is -0.361 e. The van der Waals surface area contributed by atoms with Crippen LogP contribution in [0.2, 0.25) is 0 Å². The minimum atomic E-state index is -0.0689. The molecule has 24 heavy (non-hydrogen) atoms. The summed E-state index contributed by atoms with van der Waals surface area (Å²) in [7, 11) is 1.77. The fourth-order valence-electron chi connectivity index (χ4n) is 2.60. The number of aromatic nitrogens is 1. The molecular formula is C18H26N4O2. The van der Waals surface area contributed by atoms with Crippen molar-refractivity contribution < 1.29 is 9.59 Å². The summed E-state index contributed by atoms with van der Waals surface area (Å²) in [6, 6.07) is 8.12. The zero-order valence-electron chi connectivity index (χ0n) is 14.4. The summed E-state index contributed by atoms with van der Waals surface area (Å²) in [6.45, 7) is 3.70. The lowest BCUT2D eigenvalue weighted by atomic mass is 10.1.